The lowest BCUT2D eigenvalue weighted by Gasteiger charge is -1.88. The van der Waals surface area contributed by atoms with Crippen molar-refractivity contribution in [2.75, 3.05) is 12.3 Å². The van der Waals surface area contributed by atoms with Gasteiger partial charge in [-0.3, -0.25) is 4.79 Å². The van der Waals surface area contributed by atoms with Crippen molar-refractivity contribution in [2.24, 2.45) is 0 Å². The maximum Gasteiger partial charge on any atom is 0.293 e. The summed E-state index contributed by atoms with van der Waals surface area (Å²) in [6, 6.07) is 6.14. The number of carbonyl (C=O) groups excluding carboxylic acids is 1. The molecule has 0 aliphatic carbocycles. The molecule has 90 valence electrons. The Morgan fingerprint density at radius 2 is 2.35 bits per heavy atom. The number of hydrogen-bond donors (Lipinski definition) is 1. The predicted molar refractivity (Wildman–Crippen MR) is 71.0 cm³/mol. The Kier molecular flexibility index (Phi) is 5.16. The largest absolute Gasteiger partial charge is 0.464 e. The second-order valence-electron chi connectivity index (χ2n) is 3.24. The van der Waals surface area contributed by atoms with Gasteiger partial charge in [0.15, 0.2) is 5.13 Å². The summed E-state index contributed by atoms with van der Waals surface area (Å²) in [7, 11) is 0. The number of aryl methyl sites for hydroxylation is 1. The second-order valence-corrected chi connectivity index (χ2v) is 4.30. The number of aromatic nitrogens is 1. The number of ether oxygens (including phenoxy) is 1. The maximum absolute atomic E-state index is 9.29. The lowest BCUT2D eigenvalue weighted by Crippen LogP contribution is -1.83. The number of benzene rings is 1. The third-order valence-corrected chi connectivity index (χ3v) is 2.69. The SMILES string of the molecule is C=CCOC=O.Cc1ccc2nc(N)sc2c1. The first kappa shape index (κ1) is 13.2. The van der Waals surface area contributed by atoms with Crippen LogP contribution in [0.4, 0.5) is 5.13 Å². The molecule has 0 saturated carbocycles. The number of nitrogens with zero attached hydrogens (tertiary/aromatic N) is 1. The third kappa shape index (κ3) is 4.24. The highest BCUT2D eigenvalue weighted by atomic mass is 32.1. The van der Waals surface area contributed by atoms with E-state index in [9.17, 15) is 4.79 Å². The van der Waals surface area contributed by atoms with Crippen molar-refractivity contribution >= 4 is 33.2 Å². The van der Waals surface area contributed by atoms with Crippen molar-refractivity contribution in [2.45, 2.75) is 6.92 Å². The quantitative estimate of drug-likeness (QED) is 0.516. The van der Waals surface area contributed by atoms with E-state index in [4.69, 9.17) is 5.73 Å². The predicted octanol–water partition coefficient (Wildman–Crippen LogP) is 2.53. The zero-order valence-corrected chi connectivity index (χ0v) is 10.4. The normalized spacial score (nSPS) is 9.24. The number of nitrogen functional groups attached to an aromatic ring is 1. The van der Waals surface area contributed by atoms with Crippen LogP contribution < -0.4 is 5.73 Å². The molecule has 17 heavy (non-hydrogen) atoms. The van der Waals surface area contributed by atoms with Gasteiger partial charge < -0.3 is 10.5 Å². The molecule has 0 bridgehead atoms. The Morgan fingerprint density at radius 3 is 2.94 bits per heavy atom. The van der Waals surface area contributed by atoms with Gasteiger partial charge in [-0.15, -0.1) is 0 Å². The summed E-state index contributed by atoms with van der Waals surface area (Å²) >= 11 is 1.53. The molecule has 2 aromatic rings. The first-order valence-electron chi connectivity index (χ1n) is 4.96. The van der Waals surface area contributed by atoms with E-state index in [1.54, 1.807) is 0 Å². The van der Waals surface area contributed by atoms with Crippen LogP contribution in [0.15, 0.2) is 30.9 Å². The molecule has 1 aromatic carbocycles. The number of rotatable bonds is 3. The molecule has 0 saturated heterocycles. The molecule has 0 fully saturated rings. The highest BCUT2D eigenvalue weighted by Crippen LogP contribution is 2.23. The van der Waals surface area contributed by atoms with Crippen LogP contribution >= 0.6 is 11.3 Å². The number of nitrogens with two attached hydrogens (primary N) is 1. The average molecular weight is 250 g/mol. The first-order chi connectivity index (χ1) is 8.17. The molecule has 2 N–H and O–H groups in total. The van der Waals surface area contributed by atoms with Crippen LogP contribution in [0.2, 0.25) is 0 Å². The minimum absolute atomic E-state index is 0.309. The van der Waals surface area contributed by atoms with E-state index >= 15 is 0 Å². The number of thiazole rings is 1. The van der Waals surface area contributed by atoms with E-state index in [1.807, 2.05) is 12.1 Å². The molecule has 2 rings (SSSR count). The van der Waals surface area contributed by atoms with E-state index in [1.165, 1.54) is 27.7 Å². The number of anilines is 1. The van der Waals surface area contributed by atoms with Crippen molar-refractivity contribution in [3.05, 3.63) is 36.4 Å². The monoisotopic (exact) mass is 250 g/mol. The van der Waals surface area contributed by atoms with E-state index in [-0.39, 0.29) is 0 Å². The number of carbonyl (C=O) groups is 1. The maximum atomic E-state index is 9.29. The molecule has 0 radical (unpaired) electrons. The third-order valence-electron chi connectivity index (χ3n) is 1.84. The van der Waals surface area contributed by atoms with Crippen molar-refractivity contribution < 1.29 is 9.53 Å². The van der Waals surface area contributed by atoms with E-state index in [0.29, 0.717) is 18.2 Å². The summed E-state index contributed by atoms with van der Waals surface area (Å²) in [5.74, 6) is 0. The van der Waals surface area contributed by atoms with Gasteiger partial charge in [0.05, 0.1) is 10.2 Å². The van der Waals surface area contributed by atoms with Gasteiger partial charge in [0.25, 0.3) is 6.47 Å². The Bertz CT molecular complexity index is 500. The molecule has 0 aliphatic rings. The highest BCUT2D eigenvalue weighted by molar-refractivity contribution is 7.22. The van der Waals surface area contributed by atoms with Gasteiger partial charge in [0.2, 0.25) is 0 Å². The first-order valence-corrected chi connectivity index (χ1v) is 5.78. The Balaban J connectivity index is 0.000000209. The topological polar surface area (TPSA) is 65.2 Å². The fraction of sp³-hybridized carbons (Fsp3) is 0.167. The number of hydrogen-bond acceptors (Lipinski definition) is 5. The molecule has 4 nitrogen and oxygen atoms in total. The molecule has 1 heterocycles. The van der Waals surface area contributed by atoms with Gasteiger partial charge in [0.1, 0.15) is 6.61 Å². The van der Waals surface area contributed by atoms with Crippen LogP contribution in [0.1, 0.15) is 5.56 Å². The summed E-state index contributed by atoms with van der Waals surface area (Å²) < 4.78 is 5.35. The van der Waals surface area contributed by atoms with Crippen LogP contribution in [-0.2, 0) is 9.53 Å². The van der Waals surface area contributed by atoms with Crippen LogP contribution in [0, 0.1) is 6.92 Å². The molecule has 0 atom stereocenters. The van der Waals surface area contributed by atoms with Gasteiger partial charge >= 0.3 is 0 Å². The van der Waals surface area contributed by atoms with Gasteiger partial charge in [-0.25, -0.2) is 4.98 Å². The Hall–Kier alpha value is -1.88. The highest BCUT2D eigenvalue weighted by Gasteiger charge is 1.98. The Morgan fingerprint density at radius 1 is 1.59 bits per heavy atom. The molecular weight excluding hydrogens is 236 g/mol. The van der Waals surface area contributed by atoms with E-state index < -0.39 is 0 Å². The zero-order chi connectivity index (χ0) is 12.7. The minimum atomic E-state index is 0.309. The van der Waals surface area contributed by atoms with Crippen molar-refractivity contribution in [3.63, 3.8) is 0 Å². The van der Waals surface area contributed by atoms with Crippen molar-refractivity contribution in [1.82, 2.24) is 4.98 Å². The summed E-state index contributed by atoms with van der Waals surface area (Å²) in [5.41, 5.74) is 7.80. The van der Waals surface area contributed by atoms with Gasteiger partial charge in [-0.05, 0) is 24.6 Å². The summed E-state index contributed by atoms with van der Waals surface area (Å²) in [6.07, 6.45) is 1.51. The summed E-state index contributed by atoms with van der Waals surface area (Å²) in [5, 5.41) is 0.644. The molecule has 1 aromatic heterocycles. The lowest BCUT2D eigenvalue weighted by molar-refractivity contribution is -0.127. The van der Waals surface area contributed by atoms with Crippen LogP contribution in [0.25, 0.3) is 10.2 Å². The van der Waals surface area contributed by atoms with Crippen molar-refractivity contribution in [1.29, 1.82) is 0 Å². The van der Waals surface area contributed by atoms with Crippen molar-refractivity contribution in [3.8, 4) is 0 Å². The number of fused-ring (bicyclic) bond motifs is 1. The van der Waals surface area contributed by atoms with E-state index in [0.717, 1.165) is 5.52 Å². The molecule has 0 spiro atoms. The van der Waals surface area contributed by atoms with Gasteiger partial charge in [-0.1, -0.05) is 30.1 Å². The standard InChI is InChI=1S/C8H8N2S.C4H6O2/c1-5-2-3-6-7(4-5)11-8(9)10-6;1-2-3-6-4-5/h2-4H,1H3,(H2,9,10);2,4H,1,3H2. The van der Waals surface area contributed by atoms with Gasteiger partial charge in [-0.2, -0.15) is 0 Å². The lowest BCUT2D eigenvalue weighted by atomic mass is 10.2. The summed E-state index contributed by atoms with van der Waals surface area (Å²) in [4.78, 5) is 13.4. The second kappa shape index (κ2) is 6.65. The molecule has 0 aliphatic heterocycles. The van der Waals surface area contributed by atoms with Crippen LogP contribution in [0.3, 0.4) is 0 Å². The summed E-state index contributed by atoms with van der Waals surface area (Å²) in [6.45, 7) is 6.08. The Labute approximate surface area is 104 Å². The molecule has 5 heteroatoms. The molecule has 0 amide bonds. The fourth-order valence-corrected chi connectivity index (χ4v) is 1.99. The zero-order valence-electron chi connectivity index (χ0n) is 9.55. The van der Waals surface area contributed by atoms with Crippen LogP contribution in [-0.4, -0.2) is 18.1 Å². The van der Waals surface area contributed by atoms with E-state index in [2.05, 4.69) is 29.3 Å². The molecular formula is C12H14N2O2S. The smallest absolute Gasteiger partial charge is 0.293 e. The minimum Gasteiger partial charge on any atom is -0.464 e. The average Bonchev–Trinajstić information content (AvgIpc) is 2.66. The van der Waals surface area contributed by atoms with Crippen LogP contribution in [0.5, 0.6) is 0 Å². The van der Waals surface area contributed by atoms with Gasteiger partial charge in [0, 0.05) is 0 Å². The molecule has 0 unspecified atom stereocenters. The fourth-order valence-electron chi connectivity index (χ4n) is 1.16.